The van der Waals surface area contributed by atoms with Gasteiger partial charge in [-0.1, -0.05) is 12.1 Å². The monoisotopic (exact) mass is 628 g/mol. The van der Waals surface area contributed by atoms with E-state index >= 15 is 8.78 Å². The van der Waals surface area contributed by atoms with E-state index in [0.717, 1.165) is 18.2 Å². The van der Waals surface area contributed by atoms with Gasteiger partial charge in [-0.2, -0.15) is 5.26 Å². The number of rotatable bonds is 9. The number of hydrogen-bond acceptors (Lipinski definition) is 8. The van der Waals surface area contributed by atoms with Crippen molar-refractivity contribution in [3.05, 3.63) is 112 Å². The van der Waals surface area contributed by atoms with Crippen LogP contribution in [0.25, 0.3) is 22.3 Å². The number of esters is 1. The maximum Gasteiger partial charge on any atom is 0.337 e. The zero-order chi connectivity index (χ0) is 32.4. The Bertz CT molecular complexity index is 1990. The van der Waals surface area contributed by atoms with E-state index in [-0.39, 0.29) is 59.0 Å². The molecule has 6 rings (SSSR count). The number of halogens is 3. The van der Waals surface area contributed by atoms with Crippen LogP contribution >= 0.6 is 0 Å². The van der Waals surface area contributed by atoms with Crippen molar-refractivity contribution in [3.63, 3.8) is 0 Å². The molecule has 5 aromatic rings. The second-order valence-corrected chi connectivity index (χ2v) is 10.6. The van der Waals surface area contributed by atoms with Crippen LogP contribution in [-0.2, 0) is 27.2 Å². The number of nitrogens with zero attached hydrogens (tertiary/aromatic N) is 4. The summed E-state index contributed by atoms with van der Waals surface area (Å²) in [5.41, 5.74) is 1.96. The van der Waals surface area contributed by atoms with Crippen molar-refractivity contribution < 1.29 is 36.9 Å². The Morgan fingerprint density at radius 3 is 2.57 bits per heavy atom. The fourth-order valence-electron chi connectivity index (χ4n) is 5.49. The third-order valence-electron chi connectivity index (χ3n) is 7.86. The molecule has 0 N–H and O–H groups in total. The van der Waals surface area contributed by atoms with Gasteiger partial charge < -0.3 is 23.5 Å². The van der Waals surface area contributed by atoms with Gasteiger partial charge in [0.25, 0.3) is 0 Å². The molecular weight excluding hydrogens is 601 g/mol. The highest BCUT2D eigenvalue weighted by Crippen LogP contribution is 2.32. The molecular formula is C34H27F3N4O5. The standard InChI is InChI=1S/C34H27F3N4O5/c1-43-31-18-45-17-30(31)41-29-12-20(34(42)44-2)8-9-28(29)39-32(41)13-22-11-26(37)23(14-25(22)36)27-4-3-5-33(40-27)46-16-21-7-6-19(15-38)10-24(21)35/h3-12,14,30-31H,13,16-18H2,1-2H3/t30?,31-/m1/s1. The Kier molecular flexibility index (Phi) is 8.70. The lowest BCUT2D eigenvalue weighted by Gasteiger charge is -2.21. The Labute approximate surface area is 261 Å². The van der Waals surface area contributed by atoms with Gasteiger partial charge in [-0.25, -0.2) is 27.9 Å². The number of carbonyl (C=O) groups is 1. The van der Waals surface area contributed by atoms with Crippen molar-refractivity contribution in [2.24, 2.45) is 0 Å². The molecule has 234 valence electrons. The summed E-state index contributed by atoms with van der Waals surface area (Å²) in [6, 6.07) is 17.2. The maximum absolute atomic E-state index is 15.7. The van der Waals surface area contributed by atoms with Crippen LogP contribution in [0, 0.1) is 28.8 Å². The molecule has 9 nitrogen and oxygen atoms in total. The van der Waals surface area contributed by atoms with E-state index in [2.05, 4.69) is 4.98 Å². The summed E-state index contributed by atoms with van der Waals surface area (Å²) in [5.74, 6) is -2.00. The van der Waals surface area contributed by atoms with Gasteiger partial charge in [-0.15, -0.1) is 0 Å². The Morgan fingerprint density at radius 1 is 0.978 bits per heavy atom. The van der Waals surface area contributed by atoms with Crippen molar-refractivity contribution in [2.75, 3.05) is 27.4 Å². The summed E-state index contributed by atoms with van der Waals surface area (Å²) >= 11 is 0. The lowest BCUT2D eigenvalue weighted by molar-refractivity contribution is 0.0600. The summed E-state index contributed by atoms with van der Waals surface area (Å²) < 4.78 is 69.2. The van der Waals surface area contributed by atoms with Crippen LogP contribution in [0.5, 0.6) is 5.88 Å². The van der Waals surface area contributed by atoms with E-state index in [4.69, 9.17) is 29.2 Å². The van der Waals surface area contributed by atoms with Crippen molar-refractivity contribution in [1.82, 2.24) is 14.5 Å². The first kappa shape index (κ1) is 30.8. The highest BCUT2D eigenvalue weighted by Gasteiger charge is 2.33. The lowest BCUT2D eigenvalue weighted by Crippen LogP contribution is -2.26. The molecule has 12 heteroatoms. The number of ether oxygens (including phenoxy) is 4. The molecule has 0 spiro atoms. The van der Waals surface area contributed by atoms with Crippen molar-refractivity contribution in [2.45, 2.75) is 25.2 Å². The van der Waals surface area contributed by atoms with Gasteiger partial charge in [0.15, 0.2) is 0 Å². The number of benzene rings is 3. The number of nitriles is 1. The second-order valence-electron chi connectivity index (χ2n) is 10.6. The summed E-state index contributed by atoms with van der Waals surface area (Å²) in [5, 5.41) is 8.93. The summed E-state index contributed by atoms with van der Waals surface area (Å²) in [6.07, 6.45) is -0.388. The average molecular weight is 629 g/mol. The molecule has 0 saturated carbocycles. The number of fused-ring (bicyclic) bond motifs is 1. The summed E-state index contributed by atoms with van der Waals surface area (Å²) in [6.45, 7) is 0.464. The van der Waals surface area contributed by atoms with Crippen LogP contribution in [0.15, 0.2) is 66.7 Å². The zero-order valence-electron chi connectivity index (χ0n) is 24.8. The number of aromatic nitrogens is 3. The van der Waals surface area contributed by atoms with Gasteiger partial charge in [0.05, 0.1) is 60.3 Å². The van der Waals surface area contributed by atoms with Crippen LogP contribution < -0.4 is 4.74 Å². The topological polar surface area (TPSA) is 108 Å². The van der Waals surface area contributed by atoms with Gasteiger partial charge in [0, 0.05) is 30.7 Å². The van der Waals surface area contributed by atoms with Gasteiger partial charge in [-0.3, -0.25) is 0 Å². The molecule has 1 saturated heterocycles. The van der Waals surface area contributed by atoms with Crippen molar-refractivity contribution >= 4 is 17.0 Å². The van der Waals surface area contributed by atoms with Gasteiger partial charge in [0.2, 0.25) is 5.88 Å². The van der Waals surface area contributed by atoms with E-state index in [1.165, 1.54) is 31.4 Å². The maximum atomic E-state index is 15.7. The predicted molar refractivity (Wildman–Crippen MR) is 160 cm³/mol. The number of hydrogen-bond donors (Lipinski definition) is 0. The minimum absolute atomic E-state index is 0.0579. The van der Waals surface area contributed by atoms with Crippen molar-refractivity contribution in [1.29, 1.82) is 5.26 Å². The number of carbonyl (C=O) groups excluding carboxylic acids is 1. The van der Waals surface area contributed by atoms with E-state index < -0.39 is 23.4 Å². The van der Waals surface area contributed by atoms with Crippen LogP contribution in [-0.4, -0.2) is 54.0 Å². The van der Waals surface area contributed by atoms with Crippen LogP contribution in [0.2, 0.25) is 0 Å². The predicted octanol–water partition coefficient (Wildman–Crippen LogP) is 5.93. The van der Waals surface area contributed by atoms with Gasteiger partial charge >= 0.3 is 5.97 Å². The van der Waals surface area contributed by atoms with Crippen LogP contribution in [0.1, 0.15) is 38.9 Å². The SMILES string of the molecule is COC(=O)c1ccc2nc(Cc3cc(F)c(-c4cccc(OCc5ccc(C#N)cc5F)n4)cc3F)n(C3COC[C@H]3OC)c2c1. The van der Waals surface area contributed by atoms with Crippen LogP contribution in [0.3, 0.4) is 0 Å². The minimum Gasteiger partial charge on any atom is -0.473 e. The molecule has 1 fully saturated rings. The van der Waals surface area contributed by atoms with Gasteiger partial charge in [0.1, 0.15) is 36.0 Å². The molecule has 2 atom stereocenters. The molecule has 46 heavy (non-hydrogen) atoms. The molecule has 0 bridgehead atoms. The molecule has 1 aliphatic rings. The molecule has 2 aromatic heterocycles. The van der Waals surface area contributed by atoms with Gasteiger partial charge in [-0.05, 0) is 54.1 Å². The molecule has 0 aliphatic carbocycles. The minimum atomic E-state index is -0.714. The Balaban J connectivity index is 1.30. The first-order valence-corrected chi connectivity index (χ1v) is 14.3. The smallest absolute Gasteiger partial charge is 0.337 e. The quantitative estimate of drug-likeness (QED) is 0.185. The van der Waals surface area contributed by atoms with E-state index in [1.54, 1.807) is 31.4 Å². The molecule has 3 aromatic carbocycles. The first-order chi connectivity index (χ1) is 22.3. The highest BCUT2D eigenvalue weighted by atomic mass is 19.1. The van der Waals surface area contributed by atoms with Crippen molar-refractivity contribution in [3.8, 4) is 23.2 Å². The molecule has 3 heterocycles. The fourth-order valence-corrected chi connectivity index (χ4v) is 5.49. The summed E-state index contributed by atoms with van der Waals surface area (Å²) in [4.78, 5) is 21.3. The summed E-state index contributed by atoms with van der Waals surface area (Å²) in [7, 11) is 2.86. The molecule has 1 unspecified atom stereocenters. The largest absolute Gasteiger partial charge is 0.473 e. The molecule has 1 aliphatic heterocycles. The number of pyridine rings is 1. The first-order valence-electron chi connectivity index (χ1n) is 14.3. The van der Waals surface area contributed by atoms with E-state index in [1.807, 2.05) is 10.6 Å². The molecule has 0 amide bonds. The number of imidazole rings is 1. The zero-order valence-corrected chi connectivity index (χ0v) is 24.8. The van der Waals surface area contributed by atoms with Crippen LogP contribution in [0.4, 0.5) is 13.2 Å². The van der Waals surface area contributed by atoms with E-state index in [9.17, 15) is 9.18 Å². The molecule has 0 radical (unpaired) electrons. The highest BCUT2D eigenvalue weighted by molar-refractivity contribution is 5.93. The normalized spacial score (nSPS) is 16.0. The number of methoxy groups -OCH3 is 2. The third kappa shape index (κ3) is 6.02. The Morgan fingerprint density at radius 2 is 1.80 bits per heavy atom. The second kappa shape index (κ2) is 13.0. The fraction of sp³-hybridized carbons (Fsp3) is 0.235. The van der Waals surface area contributed by atoms with E-state index in [0.29, 0.717) is 35.6 Å². The third-order valence-corrected chi connectivity index (χ3v) is 7.86. The lowest BCUT2D eigenvalue weighted by atomic mass is 10.0. The Hall–Kier alpha value is -5.25. The average Bonchev–Trinajstić information content (AvgIpc) is 3.68.